The van der Waals surface area contributed by atoms with Crippen LogP contribution >= 0.6 is 11.8 Å². The Hall–Kier alpha value is -3.13. The number of imide groups is 1. The summed E-state index contributed by atoms with van der Waals surface area (Å²) in [5.74, 6) is -0.768. The van der Waals surface area contributed by atoms with Gasteiger partial charge in [0.1, 0.15) is 0 Å². The summed E-state index contributed by atoms with van der Waals surface area (Å²) in [5, 5.41) is 2.25. The minimum absolute atomic E-state index is 0.0753. The largest absolute Gasteiger partial charge is 0.350 e. The van der Waals surface area contributed by atoms with E-state index in [1.807, 2.05) is 30.3 Å². The van der Waals surface area contributed by atoms with Crippen LogP contribution in [0.3, 0.4) is 0 Å². The number of nitrogens with zero attached hydrogens (tertiary/aromatic N) is 1. The number of nitrogens with one attached hydrogen (secondary N) is 2. The summed E-state index contributed by atoms with van der Waals surface area (Å²) in [6.07, 6.45) is 2.98. The molecular formula is C18H15N3O4S. The number of carbonyl (C=O) groups excluding carboxylic acids is 3. The fourth-order valence-corrected chi connectivity index (χ4v) is 3.19. The van der Waals surface area contributed by atoms with Crippen molar-refractivity contribution in [3.8, 4) is 0 Å². The number of benzene rings is 1. The minimum atomic E-state index is -0.395. The van der Waals surface area contributed by atoms with E-state index in [0.29, 0.717) is 10.5 Å². The van der Waals surface area contributed by atoms with Gasteiger partial charge in [0.2, 0.25) is 5.56 Å². The number of carbonyl (C=O) groups is 3. The molecule has 132 valence electrons. The van der Waals surface area contributed by atoms with Gasteiger partial charge >= 0.3 is 0 Å². The number of aromatic amines is 1. The predicted octanol–water partition coefficient (Wildman–Crippen LogP) is 1.84. The summed E-state index contributed by atoms with van der Waals surface area (Å²) in [7, 11) is 0. The van der Waals surface area contributed by atoms with E-state index in [2.05, 4.69) is 10.3 Å². The number of pyridine rings is 1. The summed E-state index contributed by atoms with van der Waals surface area (Å²) < 4.78 is 0. The fraction of sp³-hybridized carbons (Fsp3) is 0.111. The quantitative estimate of drug-likeness (QED) is 0.784. The van der Waals surface area contributed by atoms with Gasteiger partial charge in [-0.15, -0.1) is 0 Å². The lowest BCUT2D eigenvalue weighted by atomic mass is 10.2. The molecule has 26 heavy (non-hydrogen) atoms. The van der Waals surface area contributed by atoms with Crippen molar-refractivity contribution < 1.29 is 14.4 Å². The number of rotatable bonds is 5. The molecule has 1 aromatic carbocycles. The zero-order valence-electron chi connectivity index (χ0n) is 13.6. The maximum atomic E-state index is 12.4. The van der Waals surface area contributed by atoms with Crippen molar-refractivity contribution in [3.63, 3.8) is 0 Å². The normalized spacial score (nSPS) is 15.5. The maximum absolute atomic E-state index is 12.4. The Morgan fingerprint density at radius 2 is 1.88 bits per heavy atom. The smallest absolute Gasteiger partial charge is 0.293 e. The molecule has 1 aliphatic rings. The standard InChI is InChI=1S/C18H15N3O4S/c22-15-7-6-13(11-20-15)16(23)19-8-9-21-17(24)14(26-18(21)25)10-12-4-2-1-3-5-12/h1-7,10-11H,8-9H2,(H,19,23)(H,20,22)/b14-10-. The van der Waals surface area contributed by atoms with Crippen molar-refractivity contribution in [1.29, 1.82) is 0 Å². The molecule has 1 aromatic heterocycles. The zero-order chi connectivity index (χ0) is 18.5. The van der Waals surface area contributed by atoms with Crippen molar-refractivity contribution in [3.05, 3.63) is 75.0 Å². The number of hydrogen-bond acceptors (Lipinski definition) is 5. The van der Waals surface area contributed by atoms with Crippen molar-refractivity contribution >= 4 is 34.9 Å². The van der Waals surface area contributed by atoms with Crippen LogP contribution in [-0.4, -0.2) is 40.0 Å². The molecule has 0 radical (unpaired) electrons. The highest BCUT2D eigenvalue weighted by molar-refractivity contribution is 8.18. The van der Waals surface area contributed by atoms with E-state index in [0.717, 1.165) is 22.2 Å². The van der Waals surface area contributed by atoms with Gasteiger partial charge in [-0.25, -0.2) is 0 Å². The van der Waals surface area contributed by atoms with Gasteiger partial charge in [0.25, 0.3) is 17.1 Å². The van der Waals surface area contributed by atoms with E-state index in [1.165, 1.54) is 18.3 Å². The molecule has 1 aliphatic heterocycles. The first-order valence-corrected chi connectivity index (χ1v) is 8.63. The van der Waals surface area contributed by atoms with Gasteiger partial charge in [0, 0.05) is 25.4 Å². The van der Waals surface area contributed by atoms with Gasteiger partial charge in [-0.3, -0.25) is 24.1 Å². The van der Waals surface area contributed by atoms with Crippen molar-refractivity contribution in [2.45, 2.75) is 0 Å². The lowest BCUT2D eigenvalue weighted by molar-refractivity contribution is -0.122. The Morgan fingerprint density at radius 3 is 2.58 bits per heavy atom. The average Bonchev–Trinajstić information content (AvgIpc) is 2.90. The number of H-pyrrole nitrogens is 1. The van der Waals surface area contributed by atoms with E-state index in [9.17, 15) is 19.2 Å². The van der Waals surface area contributed by atoms with Crippen molar-refractivity contribution in [1.82, 2.24) is 15.2 Å². The first kappa shape index (κ1) is 17.7. The summed E-state index contributed by atoms with van der Waals surface area (Å²) in [5.41, 5.74) is 0.830. The number of hydrogen-bond donors (Lipinski definition) is 2. The van der Waals surface area contributed by atoms with Gasteiger partial charge in [0.05, 0.1) is 10.5 Å². The van der Waals surface area contributed by atoms with Crippen LogP contribution in [0, 0.1) is 0 Å². The SMILES string of the molecule is O=C(NCCN1C(=O)S/C(=C\c2ccccc2)C1=O)c1ccc(=O)[nH]c1. The minimum Gasteiger partial charge on any atom is -0.350 e. The van der Waals surface area contributed by atoms with Crippen LogP contribution in [-0.2, 0) is 4.79 Å². The molecule has 0 atom stereocenters. The van der Waals surface area contributed by atoms with Crippen LogP contribution in [0.25, 0.3) is 6.08 Å². The van der Waals surface area contributed by atoms with Crippen LogP contribution in [0.4, 0.5) is 4.79 Å². The van der Waals surface area contributed by atoms with Crippen LogP contribution in [0.1, 0.15) is 15.9 Å². The summed E-state index contributed by atoms with van der Waals surface area (Å²) in [6, 6.07) is 11.9. The highest BCUT2D eigenvalue weighted by Gasteiger charge is 2.34. The lowest BCUT2D eigenvalue weighted by Crippen LogP contribution is -2.37. The second-order valence-corrected chi connectivity index (χ2v) is 6.43. The molecule has 0 saturated carbocycles. The highest BCUT2D eigenvalue weighted by Crippen LogP contribution is 2.31. The third-order valence-corrected chi connectivity index (χ3v) is 4.55. The first-order chi connectivity index (χ1) is 12.5. The third-order valence-electron chi connectivity index (χ3n) is 3.64. The van der Waals surface area contributed by atoms with Crippen LogP contribution < -0.4 is 10.9 Å². The third kappa shape index (κ3) is 4.09. The molecular weight excluding hydrogens is 354 g/mol. The van der Waals surface area contributed by atoms with E-state index in [-0.39, 0.29) is 29.8 Å². The molecule has 0 unspecified atom stereocenters. The molecule has 3 amide bonds. The molecule has 3 rings (SSSR count). The Bertz CT molecular complexity index is 916. The topological polar surface area (TPSA) is 99.3 Å². The molecule has 2 aromatic rings. The van der Waals surface area contributed by atoms with Crippen LogP contribution in [0.15, 0.2) is 58.4 Å². The van der Waals surface area contributed by atoms with Crippen LogP contribution in [0.5, 0.6) is 0 Å². The number of amides is 3. The number of thioether (sulfide) groups is 1. The fourth-order valence-electron chi connectivity index (χ4n) is 2.33. The zero-order valence-corrected chi connectivity index (χ0v) is 14.4. The van der Waals surface area contributed by atoms with Gasteiger partial charge < -0.3 is 10.3 Å². The molecule has 0 bridgehead atoms. The highest BCUT2D eigenvalue weighted by atomic mass is 32.2. The summed E-state index contributed by atoms with van der Waals surface area (Å²) in [6.45, 7) is 0.195. The molecule has 8 heteroatoms. The van der Waals surface area contributed by atoms with Crippen LogP contribution in [0.2, 0.25) is 0 Å². The van der Waals surface area contributed by atoms with E-state index < -0.39 is 5.91 Å². The molecule has 1 saturated heterocycles. The molecule has 0 spiro atoms. The van der Waals surface area contributed by atoms with E-state index >= 15 is 0 Å². The van der Waals surface area contributed by atoms with Gasteiger partial charge in [-0.1, -0.05) is 30.3 Å². The maximum Gasteiger partial charge on any atom is 0.293 e. The summed E-state index contributed by atoms with van der Waals surface area (Å²) in [4.78, 5) is 51.2. The van der Waals surface area contributed by atoms with E-state index in [4.69, 9.17) is 0 Å². The van der Waals surface area contributed by atoms with Gasteiger partial charge in [-0.05, 0) is 29.5 Å². The Morgan fingerprint density at radius 1 is 1.12 bits per heavy atom. The predicted molar refractivity (Wildman–Crippen MR) is 98.5 cm³/mol. The Labute approximate surface area is 153 Å². The van der Waals surface area contributed by atoms with Gasteiger partial charge in [0.15, 0.2) is 0 Å². The Balaban J connectivity index is 1.58. The lowest BCUT2D eigenvalue weighted by Gasteiger charge is -2.12. The average molecular weight is 369 g/mol. The van der Waals surface area contributed by atoms with E-state index in [1.54, 1.807) is 6.08 Å². The monoisotopic (exact) mass is 369 g/mol. The molecule has 7 nitrogen and oxygen atoms in total. The molecule has 2 N–H and O–H groups in total. The van der Waals surface area contributed by atoms with Crippen molar-refractivity contribution in [2.75, 3.05) is 13.1 Å². The molecule has 1 fully saturated rings. The van der Waals surface area contributed by atoms with Crippen molar-refractivity contribution in [2.24, 2.45) is 0 Å². The molecule has 2 heterocycles. The van der Waals surface area contributed by atoms with Gasteiger partial charge in [-0.2, -0.15) is 0 Å². The molecule has 0 aliphatic carbocycles. The number of aromatic nitrogens is 1. The first-order valence-electron chi connectivity index (χ1n) is 7.82. The Kier molecular flexibility index (Phi) is 5.33. The second kappa shape index (κ2) is 7.83. The summed E-state index contributed by atoms with van der Waals surface area (Å²) >= 11 is 0.880. The second-order valence-electron chi connectivity index (χ2n) is 5.44.